The Labute approximate surface area is 146 Å². The highest BCUT2D eigenvalue weighted by Gasteiger charge is 2.23. The molecule has 0 aliphatic carbocycles. The molecule has 1 atom stereocenters. The Morgan fingerprint density at radius 2 is 1.96 bits per heavy atom. The van der Waals surface area contributed by atoms with Gasteiger partial charge in [0, 0.05) is 11.3 Å². The number of benzene rings is 1. The molecule has 0 aliphatic heterocycles. The van der Waals surface area contributed by atoms with E-state index in [0.717, 1.165) is 22.3 Å². The van der Waals surface area contributed by atoms with Crippen LogP contribution in [0.25, 0.3) is 11.0 Å². The molecular formula is C19H22N4O2. The molecule has 0 spiro atoms. The summed E-state index contributed by atoms with van der Waals surface area (Å²) in [6.45, 7) is 7.15. The number of ketones is 1. The number of aryl methyl sites for hydroxylation is 1. The van der Waals surface area contributed by atoms with Crippen LogP contribution in [0.15, 0.2) is 24.3 Å². The molecule has 3 rings (SSSR count). The predicted molar refractivity (Wildman–Crippen MR) is 96.9 cm³/mol. The second-order valence-corrected chi connectivity index (χ2v) is 6.22. The summed E-state index contributed by atoms with van der Waals surface area (Å²) in [5.41, 5.74) is 4.35. The third-order valence-corrected chi connectivity index (χ3v) is 4.39. The lowest BCUT2D eigenvalue weighted by Gasteiger charge is -2.11. The minimum Gasteiger partial charge on any atom is -0.354 e. The Balaban J connectivity index is 1.86. The summed E-state index contributed by atoms with van der Waals surface area (Å²) < 4.78 is 0. The summed E-state index contributed by atoms with van der Waals surface area (Å²) in [6, 6.07) is 7.45. The number of hydrogen-bond acceptors (Lipinski definition) is 3. The molecule has 0 fully saturated rings. The fourth-order valence-corrected chi connectivity index (χ4v) is 3.22. The van der Waals surface area contributed by atoms with Gasteiger partial charge in [0.25, 0.3) is 5.91 Å². The normalized spacial score (nSPS) is 12.3. The lowest BCUT2D eigenvalue weighted by atomic mass is 10.0. The van der Waals surface area contributed by atoms with Gasteiger partial charge in [-0.15, -0.1) is 0 Å². The van der Waals surface area contributed by atoms with Gasteiger partial charge in [0.05, 0.1) is 17.1 Å². The fourth-order valence-electron chi connectivity index (χ4n) is 3.22. The number of aromatic nitrogens is 3. The van der Waals surface area contributed by atoms with Crippen molar-refractivity contribution in [1.29, 1.82) is 0 Å². The molecule has 1 aromatic carbocycles. The van der Waals surface area contributed by atoms with Crippen molar-refractivity contribution < 1.29 is 9.59 Å². The van der Waals surface area contributed by atoms with Gasteiger partial charge in [0.1, 0.15) is 11.5 Å². The third-order valence-electron chi connectivity index (χ3n) is 4.39. The van der Waals surface area contributed by atoms with Crippen LogP contribution in [0.2, 0.25) is 0 Å². The molecule has 6 heteroatoms. The Hall–Kier alpha value is -2.89. The molecule has 0 bridgehead atoms. The first-order chi connectivity index (χ1) is 11.9. The molecule has 1 amide bonds. The standard InChI is InChI=1S/C19H22N4O2/c1-5-13-16(12(4)24)10(2)20-17(13)19(25)21-11(3)18-22-14-8-6-7-9-15(14)23-18/h6-9,11,20H,5H2,1-4H3,(H,21,25)(H,22,23)/t11-/m1/s1. The van der Waals surface area contributed by atoms with Crippen LogP contribution in [-0.2, 0) is 6.42 Å². The van der Waals surface area contributed by atoms with Gasteiger partial charge in [0.2, 0.25) is 0 Å². The largest absolute Gasteiger partial charge is 0.354 e. The first kappa shape index (κ1) is 17.0. The summed E-state index contributed by atoms with van der Waals surface area (Å²) in [5, 5.41) is 2.95. The van der Waals surface area contributed by atoms with E-state index in [1.807, 2.05) is 45.0 Å². The zero-order valence-corrected chi connectivity index (χ0v) is 14.9. The van der Waals surface area contributed by atoms with Crippen LogP contribution in [0.4, 0.5) is 0 Å². The van der Waals surface area contributed by atoms with Crippen LogP contribution < -0.4 is 5.32 Å². The second kappa shape index (κ2) is 6.55. The van der Waals surface area contributed by atoms with Crippen molar-refractivity contribution in [3.63, 3.8) is 0 Å². The number of imidazole rings is 1. The van der Waals surface area contributed by atoms with Crippen molar-refractivity contribution in [2.24, 2.45) is 0 Å². The predicted octanol–water partition coefficient (Wildman–Crippen LogP) is 3.46. The summed E-state index contributed by atoms with van der Waals surface area (Å²) in [6.07, 6.45) is 0.612. The summed E-state index contributed by atoms with van der Waals surface area (Å²) in [4.78, 5) is 35.4. The van der Waals surface area contributed by atoms with Gasteiger partial charge in [0.15, 0.2) is 5.78 Å². The molecule has 0 saturated heterocycles. The van der Waals surface area contributed by atoms with Gasteiger partial charge in [-0.05, 0) is 44.9 Å². The molecule has 0 aliphatic rings. The smallest absolute Gasteiger partial charge is 0.268 e. The number of amides is 1. The van der Waals surface area contributed by atoms with E-state index in [9.17, 15) is 9.59 Å². The van der Waals surface area contributed by atoms with E-state index < -0.39 is 0 Å². The minimum absolute atomic E-state index is 0.0324. The molecule has 2 aromatic heterocycles. The van der Waals surface area contributed by atoms with E-state index in [0.29, 0.717) is 23.5 Å². The van der Waals surface area contributed by atoms with Crippen molar-refractivity contribution in [2.45, 2.75) is 40.2 Å². The van der Waals surface area contributed by atoms with Gasteiger partial charge in [-0.1, -0.05) is 19.1 Å². The first-order valence-electron chi connectivity index (χ1n) is 8.40. The molecule has 0 saturated carbocycles. The summed E-state index contributed by atoms with van der Waals surface area (Å²) in [5.74, 6) is 0.429. The van der Waals surface area contributed by atoms with Crippen molar-refractivity contribution in [1.82, 2.24) is 20.3 Å². The van der Waals surface area contributed by atoms with Crippen molar-refractivity contribution in [2.75, 3.05) is 0 Å². The molecule has 6 nitrogen and oxygen atoms in total. The Kier molecular flexibility index (Phi) is 4.44. The quantitative estimate of drug-likeness (QED) is 0.622. The molecule has 0 radical (unpaired) electrons. The number of hydrogen-bond donors (Lipinski definition) is 3. The SMILES string of the molecule is CCc1c(C(=O)N[C@H](C)c2nc3ccccc3[nH]2)[nH]c(C)c1C(C)=O. The van der Waals surface area contributed by atoms with Crippen LogP contribution in [0, 0.1) is 6.92 Å². The van der Waals surface area contributed by atoms with E-state index in [2.05, 4.69) is 20.3 Å². The van der Waals surface area contributed by atoms with Crippen LogP contribution in [0.5, 0.6) is 0 Å². The molecule has 3 aromatic rings. The zero-order valence-electron chi connectivity index (χ0n) is 14.9. The average molecular weight is 338 g/mol. The number of para-hydroxylation sites is 2. The molecule has 2 heterocycles. The maximum Gasteiger partial charge on any atom is 0.268 e. The van der Waals surface area contributed by atoms with E-state index in [4.69, 9.17) is 0 Å². The highest BCUT2D eigenvalue weighted by atomic mass is 16.2. The number of H-pyrrole nitrogens is 2. The number of Topliss-reactive ketones (excluding diaryl/α,β-unsaturated/α-hetero) is 1. The van der Waals surface area contributed by atoms with E-state index in [1.54, 1.807) is 0 Å². The summed E-state index contributed by atoms with van der Waals surface area (Å²) >= 11 is 0. The van der Waals surface area contributed by atoms with Crippen molar-refractivity contribution >= 4 is 22.7 Å². The fraction of sp³-hybridized carbons (Fsp3) is 0.316. The third kappa shape index (κ3) is 3.07. The van der Waals surface area contributed by atoms with Crippen LogP contribution in [0.1, 0.15) is 64.7 Å². The second-order valence-electron chi connectivity index (χ2n) is 6.22. The zero-order chi connectivity index (χ0) is 18.1. The van der Waals surface area contributed by atoms with Crippen molar-refractivity contribution in [3.05, 3.63) is 52.6 Å². The molecule has 0 unspecified atom stereocenters. The van der Waals surface area contributed by atoms with E-state index >= 15 is 0 Å². The van der Waals surface area contributed by atoms with Crippen molar-refractivity contribution in [3.8, 4) is 0 Å². The lowest BCUT2D eigenvalue weighted by Crippen LogP contribution is -2.28. The number of fused-ring (bicyclic) bond motifs is 1. The minimum atomic E-state index is -0.283. The number of carbonyl (C=O) groups is 2. The van der Waals surface area contributed by atoms with Crippen LogP contribution in [-0.4, -0.2) is 26.6 Å². The van der Waals surface area contributed by atoms with Gasteiger partial charge in [-0.2, -0.15) is 0 Å². The highest BCUT2D eigenvalue weighted by Crippen LogP contribution is 2.22. The number of nitrogens with one attached hydrogen (secondary N) is 3. The molecule has 3 N–H and O–H groups in total. The van der Waals surface area contributed by atoms with Gasteiger partial charge in [-0.3, -0.25) is 9.59 Å². The maximum absolute atomic E-state index is 12.7. The maximum atomic E-state index is 12.7. The number of rotatable bonds is 5. The Bertz CT molecular complexity index is 919. The van der Waals surface area contributed by atoms with Gasteiger partial charge < -0.3 is 15.3 Å². The monoisotopic (exact) mass is 338 g/mol. The van der Waals surface area contributed by atoms with Crippen LogP contribution >= 0.6 is 0 Å². The Morgan fingerprint density at radius 1 is 1.24 bits per heavy atom. The Morgan fingerprint density at radius 3 is 2.60 bits per heavy atom. The number of nitrogens with zero attached hydrogens (tertiary/aromatic N) is 1. The highest BCUT2D eigenvalue weighted by molar-refractivity contribution is 6.02. The number of aromatic amines is 2. The number of carbonyl (C=O) groups excluding carboxylic acids is 2. The topological polar surface area (TPSA) is 90.6 Å². The van der Waals surface area contributed by atoms with E-state index in [1.165, 1.54) is 6.92 Å². The first-order valence-corrected chi connectivity index (χ1v) is 8.40. The average Bonchev–Trinajstić information content (AvgIpc) is 3.15. The van der Waals surface area contributed by atoms with Crippen LogP contribution in [0.3, 0.4) is 0 Å². The summed E-state index contributed by atoms with van der Waals surface area (Å²) in [7, 11) is 0. The van der Waals surface area contributed by atoms with Gasteiger partial charge >= 0.3 is 0 Å². The lowest BCUT2D eigenvalue weighted by molar-refractivity contribution is 0.0933. The van der Waals surface area contributed by atoms with E-state index in [-0.39, 0.29) is 17.7 Å². The molecule has 130 valence electrons. The molecular weight excluding hydrogens is 316 g/mol. The molecule has 25 heavy (non-hydrogen) atoms. The van der Waals surface area contributed by atoms with Gasteiger partial charge in [-0.25, -0.2) is 4.98 Å².